The van der Waals surface area contributed by atoms with E-state index < -0.39 is 16.2 Å². The van der Waals surface area contributed by atoms with Crippen molar-refractivity contribution in [3.8, 4) is 0 Å². The van der Waals surface area contributed by atoms with Gasteiger partial charge in [-0.15, -0.1) is 0 Å². The first-order valence-electron chi connectivity index (χ1n) is 6.83. The molecule has 0 amide bonds. The SMILES string of the molecule is CCCCN(C)S(=O)(=O)NC1CCC(C(=O)O)CC1. The lowest BCUT2D eigenvalue weighted by Gasteiger charge is -2.28. The second kappa shape index (κ2) is 7.21. The summed E-state index contributed by atoms with van der Waals surface area (Å²) in [7, 11) is -1.86. The summed E-state index contributed by atoms with van der Waals surface area (Å²) in [6, 6.07) is -0.135. The molecule has 0 saturated heterocycles. The lowest BCUT2D eigenvalue weighted by Crippen LogP contribution is -2.45. The number of carboxylic acids is 1. The molecule has 1 aliphatic carbocycles. The van der Waals surface area contributed by atoms with Gasteiger partial charge in [-0.25, -0.2) is 0 Å². The molecule has 1 aliphatic rings. The molecular formula is C12H24N2O4S. The Kier molecular flexibility index (Phi) is 6.22. The molecule has 0 unspecified atom stereocenters. The van der Waals surface area contributed by atoms with Crippen LogP contribution in [0.1, 0.15) is 45.4 Å². The van der Waals surface area contributed by atoms with Crippen LogP contribution in [0.2, 0.25) is 0 Å². The van der Waals surface area contributed by atoms with Crippen LogP contribution in [0.25, 0.3) is 0 Å². The van der Waals surface area contributed by atoms with Gasteiger partial charge in [-0.2, -0.15) is 17.4 Å². The van der Waals surface area contributed by atoms with E-state index in [1.165, 1.54) is 4.31 Å². The van der Waals surface area contributed by atoms with Crippen LogP contribution in [0.4, 0.5) is 0 Å². The first-order valence-corrected chi connectivity index (χ1v) is 8.27. The van der Waals surface area contributed by atoms with E-state index in [4.69, 9.17) is 5.11 Å². The fourth-order valence-corrected chi connectivity index (χ4v) is 3.47. The minimum Gasteiger partial charge on any atom is -0.481 e. The van der Waals surface area contributed by atoms with Crippen molar-refractivity contribution in [2.45, 2.75) is 51.5 Å². The van der Waals surface area contributed by atoms with Gasteiger partial charge < -0.3 is 5.11 Å². The highest BCUT2D eigenvalue weighted by Gasteiger charge is 2.29. The molecule has 0 heterocycles. The first-order chi connectivity index (χ1) is 8.86. The number of hydrogen-bond donors (Lipinski definition) is 2. The minimum absolute atomic E-state index is 0.135. The highest BCUT2D eigenvalue weighted by molar-refractivity contribution is 7.87. The molecule has 0 atom stereocenters. The van der Waals surface area contributed by atoms with Gasteiger partial charge in [-0.1, -0.05) is 13.3 Å². The molecule has 0 radical (unpaired) electrons. The van der Waals surface area contributed by atoms with Crippen molar-refractivity contribution < 1.29 is 18.3 Å². The molecule has 1 saturated carbocycles. The highest BCUT2D eigenvalue weighted by Crippen LogP contribution is 2.25. The van der Waals surface area contributed by atoms with Crippen molar-refractivity contribution in [1.29, 1.82) is 0 Å². The zero-order valence-corrected chi connectivity index (χ0v) is 12.4. The van der Waals surface area contributed by atoms with Crippen LogP contribution in [0, 0.1) is 5.92 Å². The monoisotopic (exact) mass is 292 g/mol. The first kappa shape index (κ1) is 16.4. The van der Waals surface area contributed by atoms with Crippen LogP contribution in [0.5, 0.6) is 0 Å². The molecule has 1 fully saturated rings. The third-order valence-electron chi connectivity index (χ3n) is 3.63. The zero-order chi connectivity index (χ0) is 14.5. The average Bonchev–Trinajstić information content (AvgIpc) is 2.36. The number of nitrogens with one attached hydrogen (secondary N) is 1. The molecule has 1 rings (SSSR count). The van der Waals surface area contributed by atoms with Crippen LogP contribution in [-0.2, 0) is 15.0 Å². The summed E-state index contributed by atoms with van der Waals surface area (Å²) in [6.07, 6.45) is 4.06. The second-order valence-corrected chi connectivity index (χ2v) is 6.99. The van der Waals surface area contributed by atoms with Gasteiger partial charge in [0, 0.05) is 19.6 Å². The van der Waals surface area contributed by atoms with Crippen molar-refractivity contribution in [2.24, 2.45) is 5.92 Å². The van der Waals surface area contributed by atoms with Gasteiger partial charge in [-0.3, -0.25) is 4.79 Å². The average molecular weight is 292 g/mol. The van der Waals surface area contributed by atoms with E-state index in [0.29, 0.717) is 32.2 Å². The van der Waals surface area contributed by atoms with E-state index in [2.05, 4.69) is 4.72 Å². The highest BCUT2D eigenvalue weighted by atomic mass is 32.2. The largest absolute Gasteiger partial charge is 0.481 e. The summed E-state index contributed by atoms with van der Waals surface area (Å²) in [5.41, 5.74) is 0. The lowest BCUT2D eigenvalue weighted by molar-refractivity contribution is -0.142. The maximum Gasteiger partial charge on any atom is 0.306 e. The van der Waals surface area contributed by atoms with Crippen molar-refractivity contribution >= 4 is 16.2 Å². The van der Waals surface area contributed by atoms with Crippen LogP contribution < -0.4 is 4.72 Å². The minimum atomic E-state index is -3.43. The van der Waals surface area contributed by atoms with Gasteiger partial charge in [0.2, 0.25) is 0 Å². The Morgan fingerprint density at radius 1 is 1.32 bits per heavy atom. The Balaban J connectivity index is 2.45. The Bertz CT molecular complexity index is 389. The summed E-state index contributed by atoms with van der Waals surface area (Å²) in [4.78, 5) is 10.8. The summed E-state index contributed by atoms with van der Waals surface area (Å²) >= 11 is 0. The zero-order valence-electron chi connectivity index (χ0n) is 11.6. The molecule has 6 nitrogen and oxygen atoms in total. The normalized spacial score (nSPS) is 24.6. The molecule has 7 heteroatoms. The van der Waals surface area contributed by atoms with Crippen LogP contribution in [-0.4, -0.2) is 43.4 Å². The van der Waals surface area contributed by atoms with Gasteiger partial charge in [0.1, 0.15) is 0 Å². The summed E-state index contributed by atoms with van der Waals surface area (Å²) < 4.78 is 28.0. The summed E-state index contributed by atoms with van der Waals surface area (Å²) in [5, 5.41) is 8.90. The maximum absolute atomic E-state index is 12.0. The molecule has 0 aliphatic heterocycles. The number of aliphatic carboxylic acids is 1. The molecule has 112 valence electrons. The van der Waals surface area contributed by atoms with Gasteiger partial charge in [0.25, 0.3) is 10.2 Å². The van der Waals surface area contributed by atoms with Crippen molar-refractivity contribution in [2.75, 3.05) is 13.6 Å². The topological polar surface area (TPSA) is 86.7 Å². The lowest BCUT2D eigenvalue weighted by atomic mass is 9.87. The third kappa shape index (κ3) is 5.08. The summed E-state index contributed by atoms with van der Waals surface area (Å²) in [6.45, 7) is 2.53. The third-order valence-corrected chi connectivity index (χ3v) is 5.26. The number of unbranched alkanes of at least 4 members (excludes halogenated alkanes) is 1. The fraction of sp³-hybridized carbons (Fsp3) is 0.917. The maximum atomic E-state index is 12.0. The Hall–Kier alpha value is -0.660. The van der Waals surface area contributed by atoms with Crippen molar-refractivity contribution in [1.82, 2.24) is 9.03 Å². The van der Waals surface area contributed by atoms with E-state index >= 15 is 0 Å². The van der Waals surface area contributed by atoms with Gasteiger partial charge in [0.15, 0.2) is 0 Å². The standard InChI is InChI=1S/C12H24N2O4S/c1-3-4-9-14(2)19(17,18)13-11-7-5-10(6-8-11)12(15)16/h10-11,13H,3-9H2,1-2H3,(H,15,16). The number of carbonyl (C=O) groups is 1. The fourth-order valence-electron chi connectivity index (χ4n) is 2.26. The van der Waals surface area contributed by atoms with Crippen LogP contribution in [0.15, 0.2) is 0 Å². The summed E-state index contributed by atoms with van der Waals surface area (Å²) in [5.74, 6) is -1.10. The van der Waals surface area contributed by atoms with Gasteiger partial charge in [0.05, 0.1) is 5.92 Å². The van der Waals surface area contributed by atoms with Crippen molar-refractivity contribution in [3.63, 3.8) is 0 Å². The predicted molar refractivity (Wildman–Crippen MR) is 73.0 cm³/mol. The van der Waals surface area contributed by atoms with Crippen molar-refractivity contribution in [3.05, 3.63) is 0 Å². The number of hydrogen-bond acceptors (Lipinski definition) is 3. The number of rotatable bonds is 7. The molecular weight excluding hydrogens is 268 g/mol. The molecule has 0 spiro atoms. The number of carboxylic acid groups (broad SMARTS) is 1. The predicted octanol–water partition coefficient (Wildman–Crippen LogP) is 1.20. The Morgan fingerprint density at radius 3 is 2.37 bits per heavy atom. The van der Waals surface area contributed by atoms with Gasteiger partial charge >= 0.3 is 5.97 Å². The molecule has 0 aromatic rings. The molecule has 0 aromatic carbocycles. The molecule has 19 heavy (non-hydrogen) atoms. The van der Waals surface area contributed by atoms with E-state index in [-0.39, 0.29) is 12.0 Å². The van der Waals surface area contributed by atoms with Crippen LogP contribution >= 0.6 is 0 Å². The Labute approximate surface area is 115 Å². The molecule has 2 N–H and O–H groups in total. The number of nitrogens with zero attached hydrogens (tertiary/aromatic N) is 1. The molecule has 0 bridgehead atoms. The van der Waals surface area contributed by atoms with E-state index in [1.807, 2.05) is 6.92 Å². The van der Waals surface area contributed by atoms with E-state index in [0.717, 1.165) is 12.8 Å². The van der Waals surface area contributed by atoms with E-state index in [1.54, 1.807) is 7.05 Å². The van der Waals surface area contributed by atoms with E-state index in [9.17, 15) is 13.2 Å². The smallest absolute Gasteiger partial charge is 0.306 e. The quantitative estimate of drug-likeness (QED) is 0.738. The van der Waals surface area contributed by atoms with Crippen LogP contribution in [0.3, 0.4) is 0 Å². The second-order valence-electron chi connectivity index (χ2n) is 5.18. The molecule has 0 aromatic heterocycles. The van der Waals surface area contributed by atoms with Gasteiger partial charge in [-0.05, 0) is 32.1 Å². The Morgan fingerprint density at radius 2 is 1.89 bits per heavy atom.